The number of hydrogen-bond acceptors (Lipinski definition) is 3. The second-order valence-corrected chi connectivity index (χ2v) is 5.44. The highest BCUT2D eigenvalue weighted by Crippen LogP contribution is 2.25. The third-order valence-electron chi connectivity index (χ3n) is 2.75. The number of nitrogens with one attached hydrogen (secondary N) is 1. The highest BCUT2D eigenvalue weighted by Gasteiger charge is 2.14. The zero-order chi connectivity index (χ0) is 13.3. The second kappa shape index (κ2) is 4.94. The number of thiazole rings is 1. The Balaban J connectivity index is 2.26. The van der Waals surface area contributed by atoms with Gasteiger partial charge in [0.15, 0.2) is 0 Å². The second-order valence-electron chi connectivity index (χ2n) is 4.59. The number of amides is 1. The smallest absolute Gasteiger partial charge is 0.270 e. The molecule has 2 heterocycles. The van der Waals surface area contributed by atoms with Crippen LogP contribution >= 0.6 is 11.3 Å². The van der Waals surface area contributed by atoms with Crippen LogP contribution in [-0.4, -0.2) is 21.5 Å². The average molecular weight is 263 g/mol. The van der Waals surface area contributed by atoms with Crippen molar-refractivity contribution in [2.24, 2.45) is 7.05 Å². The summed E-state index contributed by atoms with van der Waals surface area (Å²) in [6.07, 6.45) is 0. The Hall–Kier alpha value is -1.62. The van der Waals surface area contributed by atoms with Crippen LogP contribution in [0, 0.1) is 6.92 Å². The minimum atomic E-state index is -0.113. The van der Waals surface area contributed by atoms with Crippen LogP contribution in [0.2, 0.25) is 0 Å². The summed E-state index contributed by atoms with van der Waals surface area (Å²) in [7, 11) is 2.00. The van der Waals surface area contributed by atoms with E-state index in [9.17, 15) is 4.79 Å². The molecule has 0 radical (unpaired) electrons. The van der Waals surface area contributed by atoms with Gasteiger partial charge in [0, 0.05) is 24.2 Å². The number of nitrogens with zero attached hydrogens (tertiary/aromatic N) is 2. The standard InChI is InChI=1S/C13H17N3OS/c1-8(2)14-12(17)10-7-18-13(15-10)11-6-5-9(3)16(11)4/h5-8H,1-4H3,(H,14,17). The molecular formula is C13H17N3OS. The Morgan fingerprint density at radius 1 is 1.44 bits per heavy atom. The fourth-order valence-corrected chi connectivity index (χ4v) is 2.52. The van der Waals surface area contributed by atoms with E-state index in [0.29, 0.717) is 5.69 Å². The molecule has 1 amide bonds. The normalized spacial score (nSPS) is 10.9. The van der Waals surface area contributed by atoms with Gasteiger partial charge in [-0.3, -0.25) is 4.79 Å². The SMILES string of the molecule is Cc1ccc(-c2nc(C(=O)NC(C)C)cs2)n1C. The molecule has 0 saturated carbocycles. The molecule has 0 spiro atoms. The molecule has 96 valence electrons. The van der Waals surface area contributed by atoms with Crippen molar-refractivity contribution >= 4 is 17.2 Å². The van der Waals surface area contributed by atoms with Crippen LogP contribution in [-0.2, 0) is 7.05 Å². The van der Waals surface area contributed by atoms with Gasteiger partial charge in [-0.15, -0.1) is 11.3 Å². The topological polar surface area (TPSA) is 46.9 Å². The van der Waals surface area contributed by atoms with E-state index in [2.05, 4.69) is 14.9 Å². The summed E-state index contributed by atoms with van der Waals surface area (Å²) in [5.41, 5.74) is 2.71. The average Bonchev–Trinajstić information content (AvgIpc) is 2.87. The van der Waals surface area contributed by atoms with E-state index in [-0.39, 0.29) is 11.9 Å². The van der Waals surface area contributed by atoms with E-state index in [1.807, 2.05) is 40.0 Å². The van der Waals surface area contributed by atoms with Crippen molar-refractivity contribution in [3.63, 3.8) is 0 Å². The Kier molecular flexibility index (Phi) is 3.52. The van der Waals surface area contributed by atoms with Crippen molar-refractivity contribution in [3.05, 3.63) is 28.9 Å². The van der Waals surface area contributed by atoms with E-state index < -0.39 is 0 Å². The number of aromatic nitrogens is 2. The Bertz CT molecular complexity index is 569. The largest absolute Gasteiger partial charge is 0.349 e. The zero-order valence-electron chi connectivity index (χ0n) is 11.0. The molecule has 0 aliphatic heterocycles. The predicted molar refractivity (Wildman–Crippen MR) is 73.9 cm³/mol. The van der Waals surface area contributed by atoms with Crippen molar-refractivity contribution in [2.75, 3.05) is 0 Å². The van der Waals surface area contributed by atoms with Crippen LogP contribution in [0.4, 0.5) is 0 Å². The van der Waals surface area contributed by atoms with Crippen molar-refractivity contribution < 1.29 is 4.79 Å². The number of carbonyl (C=O) groups excluding carboxylic acids is 1. The van der Waals surface area contributed by atoms with E-state index in [1.165, 1.54) is 17.0 Å². The van der Waals surface area contributed by atoms with Crippen LogP contribution in [0.25, 0.3) is 10.7 Å². The lowest BCUT2D eigenvalue weighted by Crippen LogP contribution is -2.30. The van der Waals surface area contributed by atoms with E-state index in [0.717, 1.165) is 10.7 Å². The van der Waals surface area contributed by atoms with Gasteiger partial charge in [-0.2, -0.15) is 0 Å². The molecule has 0 aromatic carbocycles. The molecule has 2 aromatic rings. The lowest BCUT2D eigenvalue weighted by atomic mass is 10.3. The van der Waals surface area contributed by atoms with Crippen molar-refractivity contribution in [2.45, 2.75) is 26.8 Å². The van der Waals surface area contributed by atoms with Crippen molar-refractivity contribution in [3.8, 4) is 10.7 Å². The monoisotopic (exact) mass is 263 g/mol. The summed E-state index contributed by atoms with van der Waals surface area (Å²) in [6, 6.07) is 4.20. The minimum absolute atomic E-state index is 0.113. The molecule has 2 aromatic heterocycles. The molecule has 0 aliphatic carbocycles. The van der Waals surface area contributed by atoms with Crippen LogP contribution in [0.3, 0.4) is 0 Å². The van der Waals surface area contributed by atoms with Gasteiger partial charge in [0.2, 0.25) is 0 Å². The fourth-order valence-electron chi connectivity index (χ4n) is 1.66. The first-order valence-corrected chi connectivity index (χ1v) is 6.76. The highest BCUT2D eigenvalue weighted by molar-refractivity contribution is 7.13. The lowest BCUT2D eigenvalue weighted by molar-refractivity contribution is 0.0939. The molecule has 0 saturated heterocycles. The summed E-state index contributed by atoms with van der Waals surface area (Å²) in [5.74, 6) is -0.113. The van der Waals surface area contributed by atoms with Crippen LogP contribution in [0.1, 0.15) is 30.0 Å². The Morgan fingerprint density at radius 2 is 2.17 bits per heavy atom. The molecule has 0 bridgehead atoms. The Labute approximate surface area is 111 Å². The first kappa shape index (κ1) is 12.8. The zero-order valence-corrected chi connectivity index (χ0v) is 11.8. The Morgan fingerprint density at radius 3 is 2.72 bits per heavy atom. The van der Waals surface area contributed by atoms with Gasteiger partial charge in [-0.1, -0.05) is 0 Å². The van der Waals surface area contributed by atoms with Crippen LogP contribution in [0.5, 0.6) is 0 Å². The van der Waals surface area contributed by atoms with Gasteiger partial charge in [-0.05, 0) is 32.9 Å². The molecule has 2 rings (SSSR count). The number of carbonyl (C=O) groups is 1. The van der Waals surface area contributed by atoms with Gasteiger partial charge in [0.25, 0.3) is 5.91 Å². The molecule has 4 nitrogen and oxygen atoms in total. The summed E-state index contributed by atoms with van der Waals surface area (Å²) in [6.45, 7) is 5.92. The molecule has 0 fully saturated rings. The number of aryl methyl sites for hydroxylation is 1. The number of rotatable bonds is 3. The van der Waals surface area contributed by atoms with Crippen molar-refractivity contribution in [1.29, 1.82) is 0 Å². The summed E-state index contributed by atoms with van der Waals surface area (Å²) < 4.78 is 2.07. The first-order valence-electron chi connectivity index (χ1n) is 5.88. The third-order valence-corrected chi connectivity index (χ3v) is 3.61. The minimum Gasteiger partial charge on any atom is -0.349 e. The lowest BCUT2D eigenvalue weighted by Gasteiger charge is -2.05. The molecule has 18 heavy (non-hydrogen) atoms. The summed E-state index contributed by atoms with van der Waals surface area (Å²) >= 11 is 1.49. The summed E-state index contributed by atoms with van der Waals surface area (Å²) in [5, 5.41) is 5.52. The first-order chi connectivity index (χ1) is 8.49. The van der Waals surface area contributed by atoms with E-state index >= 15 is 0 Å². The van der Waals surface area contributed by atoms with Gasteiger partial charge in [-0.25, -0.2) is 4.98 Å². The quantitative estimate of drug-likeness (QED) is 0.925. The van der Waals surface area contributed by atoms with Crippen LogP contribution in [0.15, 0.2) is 17.5 Å². The molecule has 0 aliphatic rings. The molecule has 0 atom stereocenters. The maximum absolute atomic E-state index is 11.8. The van der Waals surface area contributed by atoms with Crippen LogP contribution < -0.4 is 5.32 Å². The maximum Gasteiger partial charge on any atom is 0.270 e. The molecular weight excluding hydrogens is 246 g/mol. The van der Waals surface area contributed by atoms with Gasteiger partial charge in [0.05, 0.1) is 5.69 Å². The van der Waals surface area contributed by atoms with Gasteiger partial charge >= 0.3 is 0 Å². The van der Waals surface area contributed by atoms with E-state index in [4.69, 9.17) is 0 Å². The number of hydrogen-bond donors (Lipinski definition) is 1. The highest BCUT2D eigenvalue weighted by atomic mass is 32.1. The molecule has 1 N–H and O–H groups in total. The molecule has 0 unspecified atom stereocenters. The van der Waals surface area contributed by atoms with Crippen molar-refractivity contribution in [1.82, 2.24) is 14.9 Å². The predicted octanol–water partition coefficient (Wildman–Crippen LogP) is 2.60. The van der Waals surface area contributed by atoms with Gasteiger partial charge in [0.1, 0.15) is 10.7 Å². The van der Waals surface area contributed by atoms with E-state index in [1.54, 1.807) is 5.38 Å². The summed E-state index contributed by atoms with van der Waals surface area (Å²) in [4.78, 5) is 16.2. The fraction of sp³-hybridized carbons (Fsp3) is 0.385. The third kappa shape index (κ3) is 2.46. The van der Waals surface area contributed by atoms with Gasteiger partial charge < -0.3 is 9.88 Å². The maximum atomic E-state index is 11.8. The molecule has 5 heteroatoms.